The number of anilines is 1. The van der Waals surface area contributed by atoms with Gasteiger partial charge in [-0.15, -0.1) is 0 Å². The number of hydrogen-bond donors (Lipinski definition) is 0. The van der Waals surface area contributed by atoms with E-state index in [4.69, 9.17) is 0 Å². The third kappa shape index (κ3) is 2.99. The molecule has 3 nitrogen and oxygen atoms in total. The van der Waals surface area contributed by atoms with Crippen LogP contribution in [-0.4, -0.2) is 23.1 Å². The van der Waals surface area contributed by atoms with Gasteiger partial charge in [0.15, 0.2) is 0 Å². The Kier molecular flexibility index (Phi) is 3.54. The zero-order chi connectivity index (χ0) is 12.9. The summed E-state index contributed by atoms with van der Waals surface area (Å²) in [5, 5.41) is 0. The van der Waals surface area contributed by atoms with E-state index in [-0.39, 0.29) is 0 Å². The van der Waals surface area contributed by atoms with Gasteiger partial charge in [-0.25, -0.2) is 9.97 Å². The van der Waals surface area contributed by atoms with Gasteiger partial charge >= 0.3 is 0 Å². The van der Waals surface area contributed by atoms with E-state index in [9.17, 15) is 0 Å². The molecule has 1 aliphatic rings. The lowest BCUT2D eigenvalue weighted by Crippen LogP contribution is -2.20. The molecule has 2 heterocycles. The fourth-order valence-electron chi connectivity index (χ4n) is 2.27. The Balaban J connectivity index is 1.78. The van der Waals surface area contributed by atoms with Crippen LogP contribution < -0.4 is 4.90 Å². The van der Waals surface area contributed by atoms with E-state index in [0.717, 1.165) is 24.7 Å². The number of rotatable bonds is 3. The number of benzene rings is 1. The highest BCUT2D eigenvalue weighted by molar-refractivity contribution is 5.68. The summed E-state index contributed by atoms with van der Waals surface area (Å²) in [5.41, 5.74) is 2.14. The predicted molar refractivity (Wildman–Crippen MR) is 78.8 cm³/mol. The van der Waals surface area contributed by atoms with Crippen molar-refractivity contribution in [3.8, 4) is 0 Å². The topological polar surface area (TPSA) is 29.0 Å². The predicted octanol–water partition coefficient (Wildman–Crippen LogP) is 3.25. The van der Waals surface area contributed by atoms with Crippen molar-refractivity contribution in [1.29, 1.82) is 0 Å². The van der Waals surface area contributed by atoms with Gasteiger partial charge in [0.25, 0.3) is 0 Å². The molecule has 96 valence electrons. The van der Waals surface area contributed by atoms with Gasteiger partial charge < -0.3 is 4.90 Å². The first-order valence-electron chi connectivity index (χ1n) is 6.73. The Morgan fingerprint density at radius 3 is 2.53 bits per heavy atom. The zero-order valence-corrected chi connectivity index (χ0v) is 10.9. The van der Waals surface area contributed by atoms with Gasteiger partial charge in [-0.3, -0.25) is 0 Å². The van der Waals surface area contributed by atoms with E-state index < -0.39 is 0 Å². The summed E-state index contributed by atoms with van der Waals surface area (Å²) in [6, 6.07) is 12.2. The molecule has 19 heavy (non-hydrogen) atoms. The molecule has 0 bridgehead atoms. The van der Waals surface area contributed by atoms with Crippen LogP contribution in [0.2, 0.25) is 0 Å². The van der Waals surface area contributed by atoms with E-state index in [0.29, 0.717) is 0 Å². The minimum absolute atomic E-state index is 0.854. The van der Waals surface area contributed by atoms with Crippen molar-refractivity contribution < 1.29 is 0 Å². The van der Waals surface area contributed by atoms with Crippen molar-refractivity contribution >= 4 is 18.1 Å². The lowest BCUT2D eigenvalue weighted by Gasteiger charge is -2.14. The molecule has 1 saturated heterocycles. The van der Waals surface area contributed by atoms with Crippen LogP contribution in [0.1, 0.15) is 24.1 Å². The van der Waals surface area contributed by atoms with Gasteiger partial charge in [-0.05, 0) is 30.5 Å². The Labute approximate surface area is 113 Å². The van der Waals surface area contributed by atoms with Crippen LogP contribution in [0.25, 0.3) is 12.2 Å². The Bertz CT molecular complexity index is 557. The summed E-state index contributed by atoms with van der Waals surface area (Å²) in [4.78, 5) is 11.2. The number of aromatic nitrogens is 2. The summed E-state index contributed by atoms with van der Waals surface area (Å²) in [7, 11) is 0. The van der Waals surface area contributed by atoms with E-state index in [1.165, 1.54) is 18.4 Å². The lowest BCUT2D eigenvalue weighted by molar-refractivity contribution is 0.896. The first-order valence-corrected chi connectivity index (χ1v) is 6.73. The molecular formula is C16H17N3. The molecule has 0 radical (unpaired) electrons. The van der Waals surface area contributed by atoms with Crippen molar-refractivity contribution in [2.75, 3.05) is 18.0 Å². The molecule has 0 spiro atoms. The van der Waals surface area contributed by atoms with Gasteiger partial charge in [0.05, 0.1) is 5.69 Å². The molecule has 0 atom stereocenters. The molecule has 0 aliphatic carbocycles. The summed E-state index contributed by atoms with van der Waals surface area (Å²) in [5.74, 6) is 0.854. The molecule has 3 heteroatoms. The first-order chi connectivity index (χ1) is 9.42. The third-order valence-electron chi connectivity index (χ3n) is 3.30. The highest BCUT2D eigenvalue weighted by atomic mass is 15.3. The Morgan fingerprint density at radius 2 is 1.74 bits per heavy atom. The summed E-state index contributed by atoms with van der Waals surface area (Å²) in [6.07, 6.45) is 8.44. The molecule has 1 fully saturated rings. The number of hydrogen-bond acceptors (Lipinski definition) is 3. The molecular weight excluding hydrogens is 234 g/mol. The Morgan fingerprint density at radius 1 is 0.947 bits per heavy atom. The van der Waals surface area contributed by atoms with Gasteiger partial charge in [0.2, 0.25) is 5.95 Å². The van der Waals surface area contributed by atoms with E-state index >= 15 is 0 Å². The van der Waals surface area contributed by atoms with Crippen LogP contribution in [-0.2, 0) is 0 Å². The van der Waals surface area contributed by atoms with Crippen LogP contribution in [0.3, 0.4) is 0 Å². The largest absolute Gasteiger partial charge is 0.341 e. The van der Waals surface area contributed by atoms with Crippen molar-refractivity contribution in [3.05, 3.63) is 53.9 Å². The maximum atomic E-state index is 4.60. The molecule has 1 aliphatic heterocycles. The van der Waals surface area contributed by atoms with E-state index in [1.807, 2.05) is 36.5 Å². The normalized spacial score (nSPS) is 15.3. The van der Waals surface area contributed by atoms with Crippen LogP contribution in [0.15, 0.2) is 42.6 Å². The molecule has 3 rings (SSSR count). The molecule has 0 N–H and O–H groups in total. The first kappa shape index (κ1) is 11.9. The fourth-order valence-corrected chi connectivity index (χ4v) is 2.27. The molecule has 1 aromatic heterocycles. The third-order valence-corrected chi connectivity index (χ3v) is 3.30. The SMILES string of the molecule is C(=Cc1ccnc(N2CCCC2)n1)c1ccccc1. The average Bonchev–Trinajstić information content (AvgIpc) is 3.01. The van der Waals surface area contributed by atoms with Crippen molar-refractivity contribution in [3.63, 3.8) is 0 Å². The summed E-state index contributed by atoms with van der Waals surface area (Å²) < 4.78 is 0. The van der Waals surface area contributed by atoms with Gasteiger partial charge in [-0.2, -0.15) is 0 Å². The van der Waals surface area contributed by atoms with Crippen LogP contribution in [0, 0.1) is 0 Å². The minimum Gasteiger partial charge on any atom is -0.341 e. The van der Waals surface area contributed by atoms with Gasteiger partial charge in [0, 0.05) is 19.3 Å². The molecule has 1 aromatic carbocycles. The molecule has 2 aromatic rings. The molecule has 0 saturated carbocycles. The fraction of sp³-hybridized carbons (Fsp3) is 0.250. The monoisotopic (exact) mass is 251 g/mol. The summed E-state index contributed by atoms with van der Waals surface area (Å²) >= 11 is 0. The standard InChI is InChI=1S/C16H17N3/c1-2-6-14(7-3-1)8-9-15-10-11-17-16(18-15)19-12-4-5-13-19/h1-3,6-11H,4-5,12-13H2. The lowest BCUT2D eigenvalue weighted by atomic mass is 10.2. The molecule has 0 amide bonds. The minimum atomic E-state index is 0.854. The average molecular weight is 251 g/mol. The van der Waals surface area contributed by atoms with Crippen LogP contribution in [0.5, 0.6) is 0 Å². The number of nitrogens with zero attached hydrogens (tertiary/aromatic N) is 3. The summed E-state index contributed by atoms with van der Waals surface area (Å²) in [6.45, 7) is 2.15. The van der Waals surface area contributed by atoms with Crippen molar-refractivity contribution in [1.82, 2.24) is 9.97 Å². The van der Waals surface area contributed by atoms with E-state index in [1.54, 1.807) is 0 Å². The second-order valence-corrected chi connectivity index (χ2v) is 4.72. The van der Waals surface area contributed by atoms with Crippen molar-refractivity contribution in [2.45, 2.75) is 12.8 Å². The van der Waals surface area contributed by atoms with Crippen LogP contribution >= 0.6 is 0 Å². The van der Waals surface area contributed by atoms with Crippen molar-refractivity contribution in [2.24, 2.45) is 0 Å². The van der Waals surface area contributed by atoms with Gasteiger partial charge in [0.1, 0.15) is 0 Å². The highest BCUT2D eigenvalue weighted by Gasteiger charge is 2.14. The Hall–Kier alpha value is -2.16. The maximum Gasteiger partial charge on any atom is 0.225 e. The zero-order valence-electron chi connectivity index (χ0n) is 10.9. The maximum absolute atomic E-state index is 4.60. The highest BCUT2D eigenvalue weighted by Crippen LogP contribution is 2.16. The van der Waals surface area contributed by atoms with Gasteiger partial charge in [-0.1, -0.05) is 36.4 Å². The smallest absolute Gasteiger partial charge is 0.225 e. The van der Waals surface area contributed by atoms with Crippen LogP contribution in [0.4, 0.5) is 5.95 Å². The quantitative estimate of drug-likeness (QED) is 0.838. The molecule has 0 unspecified atom stereocenters. The van der Waals surface area contributed by atoms with E-state index in [2.05, 4.69) is 33.1 Å². The second-order valence-electron chi connectivity index (χ2n) is 4.72. The second kappa shape index (κ2) is 5.65.